The van der Waals surface area contributed by atoms with Gasteiger partial charge in [-0.2, -0.15) is 0 Å². The predicted molar refractivity (Wildman–Crippen MR) is 58.8 cm³/mol. The van der Waals surface area contributed by atoms with Crippen molar-refractivity contribution in [1.29, 1.82) is 0 Å². The lowest BCUT2D eigenvalue weighted by Crippen LogP contribution is -1.93. The normalized spacial score (nSPS) is 10.8. The van der Waals surface area contributed by atoms with Gasteiger partial charge in [-0.15, -0.1) is 0 Å². The van der Waals surface area contributed by atoms with Gasteiger partial charge < -0.3 is 5.73 Å². The molecule has 0 unspecified atom stereocenters. The zero-order chi connectivity index (χ0) is 10.3. The molecule has 0 fully saturated rings. The van der Waals surface area contributed by atoms with E-state index in [1.54, 1.807) is 6.07 Å². The van der Waals surface area contributed by atoms with E-state index in [4.69, 9.17) is 17.3 Å². The lowest BCUT2D eigenvalue weighted by atomic mass is 10.1. The minimum Gasteiger partial charge on any atom is -0.397 e. The Balaban J connectivity index is 3.02. The fraction of sp³-hybridized carbons (Fsp3) is 0. The number of nitrogen functional groups attached to an aromatic ring is 1. The molecule has 72 valence electrons. The van der Waals surface area contributed by atoms with Crippen molar-refractivity contribution in [1.82, 2.24) is 4.98 Å². The van der Waals surface area contributed by atoms with Crippen LogP contribution in [0.5, 0.6) is 0 Å². The number of nitrogens with zero attached hydrogens (tertiary/aromatic N) is 1. The zero-order valence-corrected chi connectivity index (χ0v) is 9.23. The molecule has 0 aliphatic heterocycles. The van der Waals surface area contributed by atoms with Crippen LogP contribution in [-0.2, 0) is 0 Å². The molecule has 1 aromatic carbocycles. The molecule has 0 amide bonds. The van der Waals surface area contributed by atoms with E-state index < -0.39 is 5.82 Å². The molecular weight excluding hydrogens is 270 g/mol. The highest BCUT2D eigenvalue weighted by Gasteiger charge is 2.11. The number of hydrogen-bond acceptors (Lipinski definition) is 2. The molecule has 2 N–H and O–H groups in total. The van der Waals surface area contributed by atoms with Crippen molar-refractivity contribution in [3.8, 4) is 0 Å². The summed E-state index contributed by atoms with van der Waals surface area (Å²) in [5.74, 6) is -0.431. The van der Waals surface area contributed by atoms with Gasteiger partial charge in [-0.25, -0.2) is 9.37 Å². The van der Waals surface area contributed by atoms with Crippen LogP contribution < -0.4 is 5.73 Å². The van der Waals surface area contributed by atoms with E-state index in [2.05, 4.69) is 20.9 Å². The highest BCUT2D eigenvalue weighted by Crippen LogP contribution is 2.33. The molecule has 0 radical (unpaired) electrons. The average Bonchev–Trinajstić information content (AvgIpc) is 2.14. The molecule has 2 rings (SSSR count). The van der Waals surface area contributed by atoms with E-state index in [0.29, 0.717) is 15.5 Å². The number of benzene rings is 1. The minimum absolute atomic E-state index is 0.124. The SMILES string of the molecule is Nc1c(Br)cc(F)c2c(Cl)nccc12. The molecule has 0 saturated carbocycles. The molecule has 0 spiro atoms. The molecule has 0 aliphatic rings. The monoisotopic (exact) mass is 274 g/mol. The Bertz CT molecular complexity index is 516. The summed E-state index contributed by atoms with van der Waals surface area (Å²) in [7, 11) is 0. The third kappa shape index (κ3) is 1.35. The van der Waals surface area contributed by atoms with Crippen LogP contribution in [0.25, 0.3) is 10.8 Å². The van der Waals surface area contributed by atoms with Crippen molar-refractivity contribution in [2.75, 3.05) is 5.73 Å². The van der Waals surface area contributed by atoms with Gasteiger partial charge in [0, 0.05) is 16.1 Å². The summed E-state index contributed by atoms with van der Waals surface area (Å²) in [6.07, 6.45) is 1.49. The maximum Gasteiger partial charge on any atom is 0.139 e. The minimum atomic E-state index is -0.431. The summed E-state index contributed by atoms with van der Waals surface area (Å²) < 4.78 is 14.0. The summed E-state index contributed by atoms with van der Waals surface area (Å²) in [5.41, 5.74) is 6.22. The van der Waals surface area contributed by atoms with Gasteiger partial charge >= 0.3 is 0 Å². The van der Waals surface area contributed by atoms with Gasteiger partial charge in [0.05, 0.1) is 11.1 Å². The van der Waals surface area contributed by atoms with Gasteiger partial charge in [0.2, 0.25) is 0 Å². The molecular formula is C9H5BrClFN2. The van der Waals surface area contributed by atoms with Crippen LogP contribution in [0.1, 0.15) is 0 Å². The van der Waals surface area contributed by atoms with Gasteiger partial charge in [-0.3, -0.25) is 0 Å². The number of rotatable bonds is 0. The Morgan fingerprint density at radius 2 is 2.21 bits per heavy atom. The first-order valence-corrected chi connectivity index (χ1v) is 4.96. The summed E-state index contributed by atoms with van der Waals surface area (Å²) in [6, 6.07) is 2.91. The van der Waals surface area contributed by atoms with E-state index in [9.17, 15) is 4.39 Å². The van der Waals surface area contributed by atoms with Crippen LogP contribution in [0, 0.1) is 5.82 Å². The molecule has 5 heteroatoms. The van der Waals surface area contributed by atoms with Crippen LogP contribution in [0.2, 0.25) is 5.15 Å². The van der Waals surface area contributed by atoms with Gasteiger partial charge in [0.15, 0.2) is 0 Å². The average molecular weight is 276 g/mol. The van der Waals surface area contributed by atoms with Gasteiger partial charge in [0.1, 0.15) is 11.0 Å². The fourth-order valence-corrected chi connectivity index (χ4v) is 1.94. The van der Waals surface area contributed by atoms with Crippen LogP contribution in [0.4, 0.5) is 10.1 Å². The van der Waals surface area contributed by atoms with E-state index in [1.807, 2.05) is 0 Å². The van der Waals surface area contributed by atoms with E-state index in [1.165, 1.54) is 12.3 Å². The second-order valence-electron chi connectivity index (χ2n) is 2.78. The summed E-state index contributed by atoms with van der Waals surface area (Å²) in [4.78, 5) is 3.79. The predicted octanol–water partition coefficient (Wildman–Crippen LogP) is 3.37. The van der Waals surface area contributed by atoms with Gasteiger partial charge in [-0.05, 0) is 28.1 Å². The smallest absolute Gasteiger partial charge is 0.139 e. The molecule has 1 heterocycles. The first-order valence-electron chi connectivity index (χ1n) is 3.79. The first-order chi connectivity index (χ1) is 6.61. The fourth-order valence-electron chi connectivity index (χ4n) is 1.28. The third-order valence-corrected chi connectivity index (χ3v) is 2.89. The standard InChI is InChI=1S/C9H5BrClFN2/c10-5-3-6(12)7-4(8(5)13)1-2-14-9(7)11/h1-3H,13H2. The lowest BCUT2D eigenvalue weighted by Gasteiger charge is -2.06. The Kier molecular flexibility index (Phi) is 2.33. The highest BCUT2D eigenvalue weighted by molar-refractivity contribution is 9.10. The van der Waals surface area contributed by atoms with Crippen molar-refractivity contribution < 1.29 is 4.39 Å². The maximum atomic E-state index is 13.5. The van der Waals surface area contributed by atoms with E-state index in [0.717, 1.165) is 0 Å². The molecule has 0 saturated heterocycles. The Hall–Kier alpha value is -0.870. The summed E-state index contributed by atoms with van der Waals surface area (Å²) >= 11 is 8.93. The second-order valence-corrected chi connectivity index (χ2v) is 3.99. The van der Waals surface area contributed by atoms with Crippen LogP contribution in [-0.4, -0.2) is 4.98 Å². The van der Waals surface area contributed by atoms with Crippen LogP contribution >= 0.6 is 27.5 Å². The van der Waals surface area contributed by atoms with Crippen molar-refractivity contribution in [3.05, 3.63) is 33.8 Å². The number of anilines is 1. The maximum absolute atomic E-state index is 13.5. The van der Waals surface area contributed by atoms with Crippen molar-refractivity contribution in [2.24, 2.45) is 0 Å². The number of halogens is 3. The quantitative estimate of drug-likeness (QED) is 0.591. The molecule has 2 nitrogen and oxygen atoms in total. The van der Waals surface area contributed by atoms with Crippen molar-refractivity contribution in [2.45, 2.75) is 0 Å². The summed E-state index contributed by atoms with van der Waals surface area (Å²) in [6.45, 7) is 0. The molecule has 0 aliphatic carbocycles. The van der Waals surface area contributed by atoms with Gasteiger partial charge in [-0.1, -0.05) is 11.6 Å². The van der Waals surface area contributed by atoms with Crippen LogP contribution in [0.15, 0.2) is 22.8 Å². The van der Waals surface area contributed by atoms with E-state index in [-0.39, 0.29) is 10.5 Å². The molecule has 2 aromatic rings. The Morgan fingerprint density at radius 3 is 2.93 bits per heavy atom. The first kappa shape index (κ1) is 9.68. The molecule has 0 atom stereocenters. The Labute approximate surface area is 93.0 Å². The number of hydrogen-bond donors (Lipinski definition) is 1. The molecule has 0 bridgehead atoms. The summed E-state index contributed by atoms with van der Waals surface area (Å²) in [5, 5.41) is 0.950. The number of fused-ring (bicyclic) bond motifs is 1. The second kappa shape index (κ2) is 3.37. The third-order valence-electron chi connectivity index (χ3n) is 1.94. The topological polar surface area (TPSA) is 38.9 Å². The number of nitrogens with two attached hydrogens (primary N) is 1. The number of pyridine rings is 1. The van der Waals surface area contributed by atoms with E-state index >= 15 is 0 Å². The largest absolute Gasteiger partial charge is 0.397 e. The lowest BCUT2D eigenvalue weighted by molar-refractivity contribution is 0.639. The molecule has 1 aromatic heterocycles. The zero-order valence-electron chi connectivity index (χ0n) is 6.89. The number of aromatic nitrogens is 1. The Morgan fingerprint density at radius 1 is 1.50 bits per heavy atom. The highest BCUT2D eigenvalue weighted by atomic mass is 79.9. The van der Waals surface area contributed by atoms with Crippen LogP contribution in [0.3, 0.4) is 0 Å². The van der Waals surface area contributed by atoms with Gasteiger partial charge in [0.25, 0.3) is 0 Å². The molecule has 14 heavy (non-hydrogen) atoms. The van der Waals surface area contributed by atoms with Crippen molar-refractivity contribution >= 4 is 44.0 Å². The van der Waals surface area contributed by atoms with Crippen molar-refractivity contribution in [3.63, 3.8) is 0 Å².